The van der Waals surface area contributed by atoms with Gasteiger partial charge in [0.05, 0.1) is 0 Å². The van der Waals surface area contributed by atoms with E-state index in [0.29, 0.717) is 5.54 Å². The Hall–Kier alpha value is -0.0800. The van der Waals surface area contributed by atoms with Crippen molar-refractivity contribution in [1.29, 1.82) is 0 Å². The molecular weight excluding hydrogens is 196 g/mol. The van der Waals surface area contributed by atoms with E-state index >= 15 is 0 Å². The molecule has 2 atom stereocenters. The number of nitrogens with two attached hydrogens (primary N) is 1. The van der Waals surface area contributed by atoms with Gasteiger partial charge >= 0.3 is 0 Å². The van der Waals surface area contributed by atoms with E-state index in [4.69, 9.17) is 5.73 Å². The Morgan fingerprint density at radius 1 is 1.31 bits per heavy atom. The zero-order valence-electron chi connectivity index (χ0n) is 11.0. The molecule has 2 N–H and O–H groups in total. The average Bonchev–Trinajstić information content (AvgIpc) is 3.01. The smallest absolute Gasteiger partial charge is 0.0357 e. The number of rotatable bonds is 6. The Bertz CT molecular complexity index is 225. The third-order valence-electron chi connectivity index (χ3n) is 4.82. The predicted molar refractivity (Wildman–Crippen MR) is 69.4 cm³/mol. The summed E-state index contributed by atoms with van der Waals surface area (Å²) in [7, 11) is 0. The van der Waals surface area contributed by atoms with Crippen LogP contribution >= 0.6 is 0 Å². The maximum Gasteiger partial charge on any atom is 0.0357 e. The molecule has 0 saturated heterocycles. The average molecular weight is 224 g/mol. The van der Waals surface area contributed by atoms with Crippen molar-refractivity contribution in [1.82, 2.24) is 4.90 Å². The van der Waals surface area contributed by atoms with Crippen LogP contribution in [0.15, 0.2) is 0 Å². The first-order chi connectivity index (χ1) is 7.73. The molecule has 0 spiro atoms. The van der Waals surface area contributed by atoms with Crippen LogP contribution in [-0.4, -0.2) is 30.1 Å². The lowest BCUT2D eigenvalue weighted by Crippen LogP contribution is -2.56. The third kappa shape index (κ3) is 2.28. The molecule has 2 aliphatic carbocycles. The van der Waals surface area contributed by atoms with E-state index in [0.717, 1.165) is 18.4 Å². The Labute approximate surface area is 101 Å². The van der Waals surface area contributed by atoms with Gasteiger partial charge in [0, 0.05) is 18.6 Å². The molecule has 2 unspecified atom stereocenters. The van der Waals surface area contributed by atoms with E-state index < -0.39 is 0 Å². The summed E-state index contributed by atoms with van der Waals surface area (Å²) in [5.41, 5.74) is 6.49. The highest BCUT2D eigenvalue weighted by Crippen LogP contribution is 2.42. The van der Waals surface area contributed by atoms with Crippen molar-refractivity contribution in [3.8, 4) is 0 Å². The number of nitrogens with zero attached hydrogens (tertiary/aromatic N) is 1. The van der Waals surface area contributed by atoms with Gasteiger partial charge in [-0.05, 0) is 50.5 Å². The number of hydrogen-bond donors (Lipinski definition) is 1. The molecule has 2 heteroatoms. The molecule has 2 fully saturated rings. The van der Waals surface area contributed by atoms with Crippen molar-refractivity contribution in [2.75, 3.05) is 19.6 Å². The standard InChI is InChI=1S/C14H28N2/c1-3-9-16(10-13-6-7-13)14(11-15)8-4-5-12(14)2/h12-13H,3-11,15H2,1-2H3. The van der Waals surface area contributed by atoms with Gasteiger partial charge in [-0.2, -0.15) is 0 Å². The summed E-state index contributed by atoms with van der Waals surface area (Å²) in [5.74, 6) is 1.78. The van der Waals surface area contributed by atoms with Gasteiger partial charge in [-0.3, -0.25) is 4.90 Å². The van der Waals surface area contributed by atoms with E-state index in [1.54, 1.807) is 0 Å². The van der Waals surface area contributed by atoms with Crippen LogP contribution in [-0.2, 0) is 0 Å². The Kier molecular flexibility index (Phi) is 3.91. The van der Waals surface area contributed by atoms with Crippen molar-refractivity contribution in [2.45, 2.75) is 57.9 Å². The van der Waals surface area contributed by atoms with Crippen LogP contribution in [0.2, 0.25) is 0 Å². The van der Waals surface area contributed by atoms with E-state index in [9.17, 15) is 0 Å². The molecule has 16 heavy (non-hydrogen) atoms. The first-order valence-electron chi connectivity index (χ1n) is 7.18. The highest BCUT2D eigenvalue weighted by atomic mass is 15.2. The SMILES string of the molecule is CCCN(CC1CC1)C1(CN)CCCC1C. The fraction of sp³-hybridized carbons (Fsp3) is 1.00. The highest BCUT2D eigenvalue weighted by Gasteiger charge is 2.44. The summed E-state index contributed by atoms with van der Waals surface area (Å²) in [4.78, 5) is 2.75. The summed E-state index contributed by atoms with van der Waals surface area (Å²) in [6, 6.07) is 0. The highest BCUT2D eigenvalue weighted by molar-refractivity contribution is 5.01. The summed E-state index contributed by atoms with van der Waals surface area (Å²) in [5, 5.41) is 0. The Balaban J connectivity index is 2.07. The maximum absolute atomic E-state index is 6.14. The molecule has 0 aromatic heterocycles. The molecule has 94 valence electrons. The second-order valence-corrected chi connectivity index (χ2v) is 5.99. The molecule has 0 heterocycles. The first-order valence-corrected chi connectivity index (χ1v) is 7.18. The van der Waals surface area contributed by atoms with E-state index in [2.05, 4.69) is 18.7 Å². The van der Waals surface area contributed by atoms with Gasteiger partial charge in [0.1, 0.15) is 0 Å². The van der Waals surface area contributed by atoms with Gasteiger partial charge in [0.15, 0.2) is 0 Å². The largest absolute Gasteiger partial charge is 0.329 e. The number of hydrogen-bond acceptors (Lipinski definition) is 2. The zero-order valence-corrected chi connectivity index (χ0v) is 11.0. The van der Waals surface area contributed by atoms with Crippen molar-refractivity contribution in [2.24, 2.45) is 17.6 Å². The molecular formula is C14H28N2. The summed E-state index contributed by atoms with van der Waals surface area (Å²) in [6.07, 6.45) is 8.26. The molecule has 2 saturated carbocycles. The lowest BCUT2D eigenvalue weighted by Gasteiger charge is -2.44. The maximum atomic E-state index is 6.14. The fourth-order valence-electron chi connectivity index (χ4n) is 3.51. The lowest BCUT2D eigenvalue weighted by molar-refractivity contribution is 0.0588. The molecule has 2 rings (SSSR count). The molecule has 0 aromatic carbocycles. The summed E-state index contributed by atoms with van der Waals surface area (Å²) in [6.45, 7) is 8.13. The topological polar surface area (TPSA) is 29.3 Å². The summed E-state index contributed by atoms with van der Waals surface area (Å²) < 4.78 is 0. The Morgan fingerprint density at radius 3 is 2.50 bits per heavy atom. The Morgan fingerprint density at radius 2 is 2.06 bits per heavy atom. The normalized spacial score (nSPS) is 34.9. The van der Waals surface area contributed by atoms with Crippen LogP contribution < -0.4 is 5.73 Å². The van der Waals surface area contributed by atoms with Crippen molar-refractivity contribution >= 4 is 0 Å². The van der Waals surface area contributed by atoms with Crippen molar-refractivity contribution in [3.63, 3.8) is 0 Å². The first kappa shape index (κ1) is 12.4. The van der Waals surface area contributed by atoms with Crippen LogP contribution in [0.3, 0.4) is 0 Å². The predicted octanol–water partition coefficient (Wildman–Crippen LogP) is 2.63. The fourth-order valence-corrected chi connectivity index (χ4v) is 3.51. The van der Waals surface area contributed by atoms with Crippen molar-refractivity contribution < 1.29 is 0 Å². The van der Waals surface area contributed by atoms with Gasteiger partial charge in [0.25, 0.3) is 0 Å². The summed E-state index contributed by atoms with van der Waals surface area (Å²) >= 11 is 0. The molecule has 0 aliphatic heterocycles. The zero-order chi connectivity index (χ0) is 11.6. The molecule has 0 amide bonds. The lowest BCUT2D eigenvalue weighted by atomic mass is 9.86. The second-order valence-electron chi connectivity index (χ2n) is 5.99. The molecule has 2 aliphatic rings. The van der Waals surface area contributed by atoms with Crippen molar-refractivity contribution in [3.05, 3.63) is 0 Å². The van der Waals surface area contributed by atoms with Crippen LogP contribution in [0.1, 0.15) is 52.4 Å². The van der Waals surface area contributed by atoms with Gasteiger partial charge < -0.3 is 5.73 Å². The molecule has 0 aromatic rings. The monoisotopic (exact) mass is 224 g/mol. The minimum atomic E-state index is 0.346. The van der Waals surface area contributed by atoms with E-state index in [-0.39, 0.29) is 0 Å². The van der Waals surface area contributed by atoms with Gasteiger partial charge in [-0.1, -0.05) is 20.3 Å². The van der Waals surface area contributed by atoms with Crippen LogP contribution in [0, 0.1) is 11.8 Å². The van der Waals surface area contributed by atoms with Gasteiger partial charge in [0.2, 0.25) is 0 Å². The van der Waals surface area contributed by atoms with Crippen LogP contribution in [0.25, 0.3) is 0 Å². The second kappa shape index (κ2) is 5.05. The minimum absolute atomic E-state index is 0.346. The molecule has 0 bridgehead atoms. The van der Waals surface area contributed by atoms with Gasteiger partial charge in [-0.15, -0.1) is 0 Å². The molecule has 0 radical (unpaired) electrons. The van der Waals surface area contributed by atoms with Gasteiger partial charge in [-0.25, -0.2) is 0 Å². The molecule has 2 nitrogen and oxygen atoms in total. The van der Waals surface area contributed by atoms with Crippen LogP contribution in [0.4, 0.5) is 0 Å². The minimum Gasteiger partial charge on any atom is -0.329 e. The van der Waals surface area contributed by atoms with E-state index in [1.807, 2.05) is 0 Å². The quantitative estimate of drug-likeness (QED) is 0.751. The van der Waals surface area contributed by atoms with Crippen LogP contribution in [0.5, 0.6) is 0 Å². The third-order valence-corrected chi connectivity index (χ3v) is 4.82. The van der Waals surface area contributed by atoms with E-state index in [1.165, 1.54) is 51.6 Å².